The van der Waals surface area contributed by atoms with Crippen LogP contribution in [-0.4, -0.2) is 42.4 Å². The minimum atomic E-state index is -0.0962. The molecule has 1 atom stereocenters. The standard InChI is InChI=1S/C21H33N3O2/c1-16(2)13-18-6-8-19(9-7-18)14-24-12-4-5-20(15-24)23-21(26)10-11-22-17(3)25/h6-9,16,20H,4-5,10-15H2,1-3H3,(H,22,25)(H,23,26)/t20-/m1/s1. The minimum absolute atomic E-state index is 0.0173. The van der Waals surface area contributed by atoms with Gasteiger partial charge in [-0.2, -0.15) is 0 Å². The van der Waals surface area contributed by atoms with Crippen molar-refractivity contribution in [2.75, 3.05) is 19.6 Å². The van der Waals surface area contributed by atoms with E-state index in [1.54, 1.807) is 0 Å². The predicted octanol–water partition coefficient (Wildman–Crippen LogP) is 2.49. The average Bonchev–Trinajstić information content (AvgIpc) is 2.56. The Morgan fingerprint density at radius 3 is 2.54 bits per heavy atom. The number of nitrogens with zero attached hydrogens (tertiary/aromatic N) is 1. The molecule has 1 aliphatic heterocycles. The van der Waals surface area contributed by atoms with E-state index in [1.165, 1.54) is 18.1 Å². The summed E-state index contributed by atoms with van der Waals surface area (Å²) in [5, 5.41) is 5.77. The zero-order valence-electron chi connectivity index (χ0n) is 16.4. The van der Waals surface area contributed by atoms with Crippen LogP contribution in [0, 0.1) is 5.92 Å². The molecule has 0 aromatic heterocycles. The van der Waals surface area contributed by atoms with Crippen LogP contribution in [0.4, 0.5) is 0 Å². The van der Waals surface area contributed by atoms with E-state index in [0.29, 0.717) is 18.9 Å². The number of piperidine rings is 1. The van der Waals surface area contributed by atoms with E-state index in [4.69, 9.17) is 0 Å². The van der Waals surface area contributed by atoms with Gasteiger partial charge in [-0.25, -0.2) is 0 Å². The van der Waals surface area contributed by atoms with Crippen molar-refractivity contribution >= 4 is 11.8 Å². The third-order valence-electron chi connectivity index (χ3n) is 4.67. The number of carbonyl (C=O) groups excluding carboxylic acids is 2. The van der Waals surface area contributed by atoms with E-state index in [2.05, 4.69) is 53.6 Å². The molecule has 2 amide bonds. The van der Waals surface area contributed by atoms with Crippen LogP contribution in [0.5, 0.6) is 0 Å². The number of hydrogen-bond acceptors (Lipinski definition) is 3. The number of carbonyl (C=O) groups is 2. The predicted molar refractivity (Wildman–Crippen MR) is 105 cm³/mol. The van der Waals surface area contributed by atoms with E-state index in [1.807, 2.05) is 0 Å². The second kappa shape index (κ2) is 10.3. The monoisotopic (exact) mass is 359 g/mol. The highest BCUT2D eigenvalue weighted by Gasteiger charge is 2.21. The Morgan fingerprint density at radius 1 is 1.19 bits per heavy atom. The number of nitrogens with one attached hydrogen (secondary N) is 2. The lowest BCUT2D eigenvalue weighted by Gasteiger charge is -2.33. The van der Waals surface area contributed by atoms with E-state index >= 15 is 0 Å². The molecule has 1 aromatic carbocycles. The number of hydrogen-bond donors (Lipinski definition) is 2. The molecule has 1 aromatic rings. The summed E-state index contributed by atoms with van der Waals surface area (Å²) in [6.45, 7) is 9.25. The third-order valence-corrected chi connectivity index (χ3v) is 4.67. The Kier molecular flexibility index (Phi) is 8.10. The molecule has 1 fully saturated rings. The van der Waals surface area contributed by atoms with Gasteiger partial charge in [-0.1, -0.05) is 38.1 Å². The largest absolute Gasteiger partial charge is 0.356 e. The minimum Gasteiger partial charge on any atom is -0.356 e. The lowest BCUT2D eigenvalue weighted by molar-refractivity contribution is -0.122. The molecule has 1 heterocycles. The molecule has 0 radical (unpaired) electrons. The molecule has 1 aliphatic rings. The first-order valence-corrected chi connectivity index (χ1v) is 9.76. The van der Waals surface area contributed by atoms with Crippen molar-refractivity contribution in [3.8, 4) is 0 Å². The van der Waals surface area contributed by atoms with Gasteiger partial charge >= 0.3 is 0 Å². The number of rotatable bonds is 8. The van der Waals surface area contributed by atoms with Crippen molar-refractivity contribution in [3.63, 3.8) is 0 Å². The van der Waals surface area contributed by atoms with Gasteiger partial charge in [0.15, 0.2) is 0 Å². The second-order valence-corrected chi connectivity index (χ2v) is 7.79. The summed E-state index contributed by atoms with van der Waals surface area (Å²) in [6, 6.07) is 9.13. The van der Waals surface area contributed by atoms with Crippen LogP contribution in [0.3, 0.4) is 0 Å². The first-order chi connectivity index (χ1) is 12.4. The zero-order valence-corrected chi connectivity index (χ0v) is 16.4. The van der Waals surface area contributed by atoms with E-state index in [0.717, 1.165) is 38.9 Å². The Hall–Kier alpha value is -1.88. The van der Waals surface area contributed by atoms with Gasteiger partial charge in [0.05, 0.1) is 0 Å². The SMILES string of the molecule is CC(=O)NCCC(=O)N[C@@H]1CCCN(Cc2ccc(CC(C)C)cc2)C1. The highest BCUT2D eigenvalue weighted by molar-refractivity contribution is 5.78. The topological polar surface area (TPSA) is 61.4 Å². The van der Waals surface area contributed by atoms with Gasteiger partial charge in [0, 0.05) is 39.0 Å². The van der Waals surface area contributed by atoms with Crippen LogP contribution in [0.25, 0.3) is 0 Å². The summed E-state index contributed by atoms with van der Waals surface area (Å²) < 4.78 is 0. The molecule has 0 bridgehead atoms. The maximum absolute atomic E-state index is 12.0. The first-order valence-electron chi connectivity index (χ1n) is 9.76. The zero-order chi connectivity index (χ0) is 18.9. The molecule has 0 unspecified atom stereocenters. The lowest BCUT2D eigenvalue weighted by Crippen LogP contribution is -2.47. The average molecular weight is 360 g/mol. The summed E-state index contributed by atoms with van der Waals surface area (Å²) in [5.41, 5.74) is 2.72. The quantitative estimate of drug-likeness (QED) is 0.750. The Balaban J connectivity index is 1.77. The molecule has 0 saturated carbocycles. The van der Waals surface area contributed by atoms with Gasteiger partial charge in [-0.3, -0.25) is 14.5 Å². The van der Waals surface area contributed by atoms with E-state index in [9.17, 15) is 9.59 Å². The summed E-state index contributed by atoms with van der Waals surface area (Å²) >= 11 is 0. The molecule has 26 heavy (non-hydrogen) atoms. The molecule has 2 N–H and O–H groups in total. The molecule has 2 rings (SSSR count). The fourth-order valence-electron chi connectivity index (χ4n) is 3.48. The molecule has 0 spiro atoms. The molecule has 1 saturated heterocycles. The second-order valence-electron chi connectivity index (χ2n) is 7.79. The van der Waals surface area contributed by atoms with Crippen LogP contribution in [0.2, 0.25) is 0 Å². The third kappa shape index (κ3) is 7.56. The number of likely N-dealkylation sites (tertiary alicyclic amines) is 1. The first kappa shape index (κ1) is 20.4. The number of benzene rings is 1. The van der Waals surface area contributed by atoms with Crippen LogP contribution >= 0.6 is 0 Å². The summed E-state index contributed by atoms with van der Waals surface area (Å²) in [6.07, 6.45) is 3.59. The molecule has 5 nitrogen and oxygen atoms in total. The molecule has 144 valence electrons. The molecule has 5 heteroatoms. The smallest absolute Gasteiger partial charge is 0.222 e. The summed E-state index contributed by atoms with van der Waals surface area (Å²) in [4.78, 5) is 25.3. The Morgan fingerprint density at radius 2 is 1.88 bits per heavy atom. The molecular formula is C21H33N3O2. The van der Waals surface area contributed by atoms with Crippen molar-refractivity contribution in [3.05, 3.63) is 35.4 Å². The van der Waals surface area contributed by atoms with Gasteiger partial charge in [-0.05, 0) is 42.9 Å². The van der Waals surface area contributed by atoms with Crippen molar-refractivity contribution in [2.45, 2.75) is 59.0 Å². The van der Waals surface area contributed by atoms with Gasteiger partial charge in [-0.15, -0.1) is 0 Å². The molecular weight excluding hydrogens is 326 g/mol. The van der Waals surface area contributed by atoms with Crippen molar-refractivity contribution in [1.29, 1.82) is 0 Å². The highest BCUT2D eigenvalue weighted by Crippen LogP contribution is 2.15. The van der Waals surface area contributed by atoms with Gasteiger partial charge in [0.25, 0.3) is 0 Å². The summed E-state index contributed by atoms with van der Waals surface area (Å²) in [7, 11) is 0. The van der Waals surface area contributed by atoms with Gasteiger partial charge < -0.3 is 10.6 Å². The van der Waals surface area contributed by atoms with E-state index in [-0.39, 0.29) is 17.9 Å². The lowest BCUT2D eigenvalue weighted by atomic mass is 10.0. The fraction of sp³-hybridized carbons (Fsp3) is 0.619. The van der Waals surface area contributed by atoms with Crippen molar-refractivity contribution in [2.24, 2.45) is 5.92 Å². The van der Waals surface area contributed by atoms with Crippen molar-refractivity contribution in [1.82, 2.24) is 15.5 Å². The summed E-state index contributed by atoms with van der Waals surface area (Å²) in [5.74, 6) is 0.600. The maximum Gasteiger partial charge on any atom is 0.222 e. The maximum atomic E-state index is 12.0. The molecule has 0 aliphatic carbocycles. The van der Waals surface area contributed by atoms with Crippen LogP contribution in [0.15, 0.2) is 24.3 Å². The van der Waals surface area contributed by atoms with Crippen LogP contribution in [-0.2, 0) is 22.6 Å². The normalized spacial score (nSPS) is 17.9. The Bertz CT molecular complexity index is 583. The number of amides is 2. The fourth-order valence-corrected chi connectivity index (χ4v) is 3.48. The van der Waals surface area contributed by atoms with E-state index < -0.39 is 0 Å². The highest BCUT2D eigenvalue weighted by atomic mass is 16.2. The van der Waals surface area contributed by atoms with Crippen LogP contribution < -0.4 is 10.6 Å². The van der Waals surface area contributed by atoms with Crippen LogP contribution in [0.1, 0.15) is 51.2 Å². The van der Waals surface area contributed by atoms with Crippen molar-refractivity contribution < 1.29 is 9.59 Å². The van der Waals surface area contributed by atoms with Gasteiger partial charge in [0.1, 0.15) is 0 Å². The Labute approximate surface area is 157 Å². The van der Waals surface area contributed by atoms with Gasteiger partial charge in [0.2, 0.25) is 11.8 Å².